The van der Waals surface area contributed by atoms with Gasteiger partial charge in [-0.2, -0.15) is 0 Å². The minimum absolute atomic E-state index is 0.161. The van der Waals surface area contributed by atoms with Crippen molar-refractivity contribution in [2.45, 2.75) is 183 Å². The van der Waals surface area contributed by atoms with Gasteiger partial charge >= 0.3 is 5.97 Å². The number of hydrogen-bond donors (Lipinski definition) is 3. The molecule has 2 aliphatic heterocycles. The average molecular weight is 1220 g/mol. The first kappa shape index (κ1) is 64.5. The molecule has 0 aliphatic carbocycles. The van der Waals surface area contributed by atoms with Crippen LogP contribution >= 0.6 is 0 Å². The number of nitrogens with one attached hydrogen (secondary N) is 2. The van der Waals surface area contributed by atoms with Gasteiger partial charge in [0.2, 0.25) is 0 Å². The maximum absolute atomic E-state index is 12.5. The molecule has 9 aromatic rings. The Morgan fingerprint density at radius 1 is 0.446 bits per heavy atom. The van der Waals surface area contributed by atoms with Crippen LogP contribution in [0.5, 0.6) is 0 Å². The van der Waals surface area contributed by atoms with Crippen molar-refractivity contribution in [3.8, 4) is 34.1 Å². The second-order valence-electron chi connectivity index (χ2n) is 29.6. The Morgan fingerprint density at radius 3 is 1.34 bits per heavy atom. The third-order valence-corrected chi connectivity index (χ3v) is 18.4. The molecule has 0 amide bonds. The number of rotatable bonds is 16. The zero-order chi connectivity index (χ0) is 65.3. The topological polar surface area (TPSA) is 97.9 Å². The lowest BCUT2D eigenvalue weighted by Gasteiger charge is -2.27. The summed E-state index contributed by atoms with van der Waals surface area (Å²) in [5, 5.41) is 11.7. The van der Waals surface area contributed by atoms with E-state index >= 15 is 0 Å². The van der Waals surface area contributed by atoms with E-state index in [-0.39, 0.29) is 27.2 Å². The summed E-state index contributed by atoms with van der Waals surface area (Å²) in [6.45, 7) is 32.0. The SMILES string of the molecule is CCCCCCc1ccc(N(c2ccc(CCCCCC)cc2)c2c3nc(c(-c4cc(C(C)(C)C)cc(C(C)(C)C)c4)c4ccc([nH]4)c(C#Cc4ccc(C(=O)O)c5ccccc45)c4nc(c(-c5cc(C(C)(C)C)cc(C(C)(C)C)c5)c5ccc2[nH]5)C=C4)C=C3)cc1. The summed E-state index contributed by atoms with van der Waals surface area (Å²) < 4.78 is 0. The molecule has 0 saturated carbocycles. The number of carbonyl (C=O) groups is 1. The van der Waals surface area contributed by atoms with E-state index in [2.05, 4.69) is 257 Å². The molecular formula is C85H93N5O2. The summed E-state index contributed by atoms with van der Waals surface area (Å²) in [7, 11) is 0. The van der Waals surface area contributed by atoms with Crippen molar-refractivity contribution in [1.29, 1.82) is 0 Å². The van der Waals surface area contributed by atoms with Crippen LogP contribution in [0.4, 0.5) is 17.1 Å². The van der Waals surface area contributed by atoms with Crippen molar-refractivity contribution in [3.63, 3.8) is 0 Å². The van der Waals surface area contributed by atoms with Crippen LogP contribution in [0.2, 0.25) is 0 Å². The normalized spacial score (nSPS) is 12.6. The van der Waals surface area contributed by atoms with Crippen molar-refractivity contribution in [1.82, 2.24) is 19.9 Å². The summed E-state index contributed by atoms with van der Waals surface area (Å²) in [4.78, 5) is 34.7. The Kier molecular flexibility index (Phi) is 18.5. The standard InChI is InChI=1S/C85H93N5O2/c1-15-17-19-21-25-55-29-35-64(36-30-55)90(65-37-31-56(32-38-65)26-22-20-18-16-2)80-76-47-45-74(88-76)78(58-49-60(82(3,4)5)53-61(50-58)83(6,7)8)72-43-41-70(86-72)69(40-34-57-33-39-68(81(91)92)67-28-24-23-27-66(57)67)71-42-44-73(87-71)79(75-46-48-77(80)89-75)59-51-62(84(9,10)11)54-63(52-59)85(12,13)14/h23-24,27-33,35-39,41-54,86,89H,15-22,25-26H2,1-14H3,(H,91,92). The third kappa shape index (κ3) is 14.1. The van der Waals surface area contributed by atoms with Gasteiger partial charge in [-0.3, -0.25) is 0 Å². The molecule has 11 rings (SSSR count). The first-order chi connectivity index (χ1) is 43.9. The van der Waals surface area contributed by atoms with Crippen LogP contribution in [-0.4, -0.2) is 31.0 Å². The third-order valence-electron chi connectivity index (χ3n) is 18.4. The predicted octanol–water partition coefficient (Wildman–Crippen LogP) is 23.1. The molecule has 8 bridgehead atoms. The van der Waals surface area contributed by atoms with Crippen LogP contribution in [0.1, 0.15) is 226 Å². The smallest absolute Gasteiger partial charge is 0.336 e. The number of nitrogens with zero attached hydrogens (tertiary/aromatic N) is 3. The lowest BCUT2D eigenvalue weighted by molar-refractivity contribution is 0.0699. The van der Waals surface area contributed by atoms with Crippen LogP contribution < -0.4 is 4.90 Å². The Morgan fingerprint density at radius 2 is 0.870 bits per heavy atom. The van der Waals surface area contributed by atoms with Crippen molar-refractivity contribution < 1.29 is 9.90 Å². The highest BCUT2D eigenvalue weighted by Crippen LogP contribution is 2.45. The molecule has 2 aliphatic rings. The molecule has 0 radical (unpaired) electrons. The number of carboxylic acid groups (broad SMARTS) is 1. The Bertz CT molecular complexity index is 4350. The fourth-order valence-electron chi connectivity index (χ4n) is 12.7. The lowest BCUT2D eigenvalue weighted by atomic mass is 9.78. The number of H-pyrrole nitrogens is 2. The maximum Gasteiger partial charge on any atom is 0.336 e. The number of anilines is 3. The fourth-order valence-corrected chi connectivity index (χ4v) is 12.7. The molecular weight excluding hydrogens is 1120 g/mol. The predicted molar refractivity (Wildman–Crippen MR) is 392 cm³/mol. The number of aromatic nitrogens is 4. The first-order valence-corrected chi connectivity index (χ1v) is 33.6. The molecule has 7 heteroatoms. The van der Waals surface area contributed by atoms with Crippen molar-refractivity contribution in [2.24, 2.45) is 0 Å². The van der Waals surface area contributed by atoms with Crippen LogP contribution in [0.15, 0.2) is 146 Å². The summed E-state index contributed by atoms with van der Waals surface area (Å²) in [5.74, 6) is 6.23. The second-order valence-corrected chi connectivity index (χ2v) is 29.6. The minimum atomic E-state index is -0.979. The zero-order valence-electron chi connectivity index (χ0n) is 56.9. The van der Waals surface area contributed by atoms with Crippen LogP contribution in [0, 0.1) is 11.8 Å². The second kappa shape index (κ2) is 26.3. The minimum Gasteiger partial charge on any atom is -0.478 e. The van der Waals surface area contributed by atoms with E-state index in [4.69, 9.17) is 9.97 Å². The molecule has 0 atom stereocenters. The van der Waals surface area contributed by atoms with Crippen molar-refractivity contribution in [2.75, 3.05) is 4.90 Å². The number of fused-ring (bicyclic) bond motifs is 9. The summed E-state index contributed by atoms with van der Waals surface area (Å²) in [6.07, 6.45) is 20.4. The van der Waals surface area contributed by atoms with Gasteiger partial charge in [-0.25, -0.2) is 14.8 Å². The first-order valence-electron chi connectivity index (χ1n) is 33.6. The van der Waals surface area contributed by atoms with E-state index in [1.807, 2.05) is 30.3 Å². The van der Waals surface area contributed by atoms with Crippen molar-refractivity contribution in [3.05, 3.63) is 218 Å². The van der Waals surface area contributed by atoms with Gasteiger partial charge in [0.25, 0.3) is 0 Å². The van der Waals surface area contributed by atoms with Gasteiger partial charge in [0, 0.05) is 39.1 Å². The highest BCUT2D eigenvalue weighted by atomic mass is 16.4. The van der Waals surface area contributed by atoms with Crippen LogP contribution in [0.25, 0.3) is 79.4 Å². The van der Waals surface area contributed by atoms with Gasteiger partial charge < -0.3 is 20.0 Å². The van der Waals surface area contributed by atoms with E-state index < -0.39 is 5.97 Å². The summed E-state index contributed by atoms with van der Waals surface area (Å²) in [5.41, 5.74) is 22.3. The number of aromatic amines is 2. The largest absolute Gasteiger partial charge is 0.478 e. The number of unbranched alkanes of at least 4 members (excludes halogenated alkanes) is 6. The van der Waals surface area contributed by atoms with Gasteiger partial charge in [-0.15, -0.1) is 0 Å². The lowest BCUT2D eigenvalue weighted by Crippen LogP contribution is -2.16. The molecule has 0 unspecified atom stereocenters. The molecule has 7 nitrogen and oxygen atoms in total. The molecule has 92 heavy (non-hydrogen) atoms. The number of benzene rings is 6. The molecule has 6 aromatic carbocycles. The molecule has 470 valence electrons. The Labute approximate surface area is 547 Å². The van der Waals surface area contributed by atoms with Gasteiger partial charge in [-0.05, 0) is 188 Å². The van der Waals surface area contributed by atoms with Crippen LogP contribution in [0.3, 0.4) is 0 Å². The van der Waals surface area contributed by atoms with E-state index in [1.54, 1.807) is 6.07 Å². The highest BCUT2D eigenvalue weighted by molar-refractivity contribution is 6.06. The van der Waals surface area contributed by atoms with E-state index in [0.717, 1.165) is 102 Å². The highest BCUT2D eigenvalue weighted by Gasteiger charge is 2.28. The monoisotopic (exact) mass is 1220 g/mol. The number of carboxylic acids is 1. The molecule has 3 aromatic heterocycles. The van der Waals surface area contributed by atoms with Gasteiger partial charge in [0.1, 0.15) is 0 Å². The number of hydrogen-bond acceptors (Lipinski definition) is 4. The molecule has 5 heterocycles. The molecule has 0 spiro atoms. The van der Waals surface area contributed by atoms with Crippen molar-refractivity contribution >= 4 is 80.2 Å². The van der Waals surface area contributed by atoms with E-state index in [9.17, 15) is 9.90 Å². The van der Waals surface area contributed by atoms with Crippen LogP contribution in [-0.2, 0) is 34.5 Å². The van der Waals surface area contributed by atoms with Gasteiger partial charge in [-0.1, -0.05) is 232 Å². The molecule has 3 N–H and O–H groups in total. The van der Waals surface area contributed by atoms with Gasteiger partial charge in [0.05, 0.1) is 50.6 Å². The Balaban J connectivity index is 1.29. The number of aromatic carboxylic acids is 1. The zero-order valence-corrected chi connectivity index (χ0v) is 56.9. The number of aryl methyl sites for hydroxylation is 2. The quantitative estimate of drug-likeness (QED) is 0.0661. The molecule has 0 fully saturated rings. The van der Waals surface area contributed by atoms with Gasteiger partial charge in [0.15, 0.2) is 0 Å². The van der Waals surface area contributed by atoms with E-state index in [1.165, 1.54) is 84.7 Å². The summed E-state index contributed by atoms with van der Waals surface area (Å²) in [6, 6.07) is 52.6. The average Bonchev–Trinajstić information content (AvgIpc) is 1.42. The maximum atomic E-state index is 12.5. The molecule has 0 saturated heterocycles. The van der Waals surface area contributed by atoms with E-state index in [0.29, 0.717) is 16.6 Å². The Hall–Kier alpha value is -8.99. The fraction of sp³-hybridized carbons (Fsp3) is 0.329. The summed E-state index contributed by atoms with van der Waals surface area (Å²) >= 11 is 0.